The molecule has 1 atom stereocenters. The zero-order valence-electron chi connectivity index (χ0n) is 23.1. The van der Waals surface area contributed by atoms with Gasteiger partial charge in [0.2, 0.25) is 5.95 Å². The average Bonchev–Trinajstić information content (AvgIpc) is 3.51. The van der Waals surface area contributed by atoms with E-state index in [-0.39, 0.29) is 17.5 Å². The fraction of sp³-hybridized carbons (Fsp3) is 0.444. The summed E-state index contributed by atoms with van der Waals surface area (Å²) in [5.41, 5.74) is 3.91. The molecule has 1 saturated heterocycles. The smallest absolute Gasteiger partial charge is 0.273 e. The summed E-state index contributed by atoms with van der Waals surface area (Å²) in [6.45, 7) is 9.08. The van der Waals surface area contributed by atoms with Crippen LogP contribution in [-0.2, 0) is 23.9 Å². The number of fused-ring (bicyclic) bond motifs is 1. The van der Waals surface area contributed by atoms with Crippen molar-refractivity contribution in [1.82, 2.24) is 49.9 Å². The van der Waals surface area contributed by atoms with Gasteiger partial charge < -0.3 is 15.4 Å². The first kappa shape index (κ1) is 26.0. The lowest BCUT2D eigenvalue weighted by Gasteiger charge is -2.36. The first-order valence-corrected chi connectivity index (χ1v) is 13.4. The summed E-state index contributed by atoms with van der Waals surface area (Å²) in [6.07, 6.45) is 7.53. The molecule has 0 spiro atoms. The van der Waals surface area contributed by atoms with Gasteiger partial charge in [-0.3, -0.25) is 14.4 Å². The number of benzene rings is 1. The highest BCUT2D eigenvalue weighted by molar-refractivity contribution is 5.92. The van der Waals surface area contributed by atoms with Gasteiger partial charge in [-0.05, 0) is 44.4 Å². The predicted molar refractivity (Wildman–Crippen MR) is 147 cm³/mol. The molecular weight excluding hydrogens is 510 g/mol. The van der Waals surface area contributed by atoms with Gasteiger partial charge in [0.05, 0.1) is 48.9 Å². The number of carbonyl (C=O) groups excluding carboxylic acids is 1. The van der Waals surface area contributed by atoms with E-state index in [1.54, 1.807) is 21.8 Å². The van der Waals surface area contributed by atoms with E-state index in [0.717, 1.165) is 55.1 Å². The van der Waals surface area contributed by atoms with E-state index in [4.69, 9.17) is 4.74 Å². The number of aryl methyl sites for hydroxylation is 1. The highest BCUT2D eigenvalue weighted by Gasteiger charge is 2.32. The Morgan fingerprint density at radius 2 is 2.00 bits per heavy atom. The molecule has 2 aliphatic rings. The van der Waals surface area contributed by atoms with Crippen LogP contribution in [0.3, 0.4) is 0 Å². The van der Waals surface area contributed by atoms with Crippen LogP contribution in [-0.4, -0.2) is 76.3 Å². The van der Waals surface area contributed by atoms with Crippen LogP contribution in [0.1, 0.15) is 54.8 Å². The third-order valence-corrected chi connectivity index (χ3v) is 7.24. The van der Waals surface area contributed by atoms with Crippen LogP contribution in [0.15, 0.2) is 43.1 Å². The van der Waals surface area contributed by atoms with Crippen molar-refractivity contribution in [3.05, 3.63) is 59.9 Å². The minimum absolute atomic E-state index is 0.177. The highest BCUT2D eigenvalue weighted by atomic mass is 16.5. The Morgan fingerprint density at radius 1 is 1.15 bits per heavy atom. The summed E-state index contributed by atoms with van der Waals surface area (Å²) in [4.78, 5) is 29.0. The Hall–Kier alpha value is -4.23. The van der Waals surface area contributed by atoms with Crippen molar-refractivity contribution < 1.29 is 9.53 Å². The monoisotopic (exact) mass is 543 g/mol. The van der Waals surface area contributed by atoms with Crippen molar-refractivity contribution in [3.8, 4) is 11.4 Å². The Balaban J connectivity index is 1.28. The molecule has 5 heterocycles. The molecule has 4 aromatic rings. The average molecular weight is 544 g/mol. The molecule has 0 aliphatic carbocycles. The molecule has 208 valence electrons. The molecule has 0 unspecified atom stereocenters. The quantitative estimate of drug-likeness (QED) is 0.372. The van der Waals surface area contributed by atoms with Crippen LogP contribution >= 0.6 is 0 Å². The largest absolute Gasteiger partial charge is 0.378 e. The van der Waals surface area contributed by atoms with Gasteiger partial charge in [0.1, 0.15) is 6.33 Å². The molecule has 13 heteroatoms. The minimum Gasteiger partial charge on any atom is -0.378 e. The van der Waals surface area contributed by atoms with Gasteiger partial charge in [0, 0.05) is 31.9 Å². The van der Waals surface area contributed by atoms with Gasteiger partial charge in [0.25, 0.3) is 5.91 Å². The van der Waals surface area contributed by atoms with Gasteiger partial charge >= 0.3 is 0 Å². The van der Waals surface area contributed by atoms with Crippen molar-refractivity contribution in [3.63, 3.8) is 0 Å². The molecule has 1 fully saturated rings. The summed E-state index contributed by atoms with van der Waals surface area (Å²) < 4.78 is 8.90. The lowest BCUT2D eigenvalue weighted by Crippen LogP contribution is -2.48. The zero-order chi connectivity index (χ0) is 27.9. The summed E-state index contributed by atoms with van der Waals surface area (Å²) >= 11 is 0. The van der Waals surface area contributed by atoms with Gasteiger partial charge in [-0.15, -0.1) is 5.10 Å². The molecule has 2 N–H and O–H groups in total. The van der Waals surface area contributed by atoms with Crippen molar-refractivity contribution in [2.45, 2.75) is 51.4 Å². The van der Waals surface area contributed by atoms with Crippen molar-refractivity contribution >= 4 is 17.5 Å². The number of nitrogens with one attached hydrogen (secondary N) is 2. The van der Waals surface area contributed by atoms with Crippen LogP contribution < -0.4 is 10.6 Å². The predicted octanol–water partition coefficient (Wildman–Crippen LogP) is 2.44. The Bertz CT molecular complexity index is 1520. The summed E-state index contributed by atoms with van der Waals surface area (Å²) in [5.74, 6) is 0.764. The first-order chi connectivity index (χ1) is 19.2. The Morgan fingerprint density at radius 3 is 2.70 bits per heavy atom. The van der Waals surface area contributed by atoms with E-state index < -0.39 is 0 Å². The molecule has 3 aromatic heterocycles. The highest BCUT2D eigenvalue weighted by Crippen LogP contribution is 2.32. The Kier molecular flexibility index (Phi) is 6.76. The molecule has 40 heavy (non-hydrogen) atoms. The van der Waals surface area contributed by atoms with Gasteiger partial charge in [-0.2, -0.15) is 10.1 Å². The number of hydrogen-bond donors (Lipinski definition) is 2. The molecule has 2 aliphatic heterocycles. The zero-order valence-corrected chi connectivity index (χ0v) is 23.1. The third-order valence-electron chi connectivity index (χ3n) is 7.24. The van der Waals surface area contributed by atoms with Crippen molar-refractivity contribution in [2.75, 3.05) is 25.1 Å². The molecule has 0 bridgehead atoms. The lowest BCUT2D eigenvalue weighted by molar-refractivity contribution is -0.0678. The molecule has 1 amide bonds. The lowest BCUT2D eigenvalue weighted by atomic mass is 9.96. The minimum atomic E-state index is -0.259. The number of aromatic nitrogens is 8. The number of rotatable bonds is 6. The number of amides is 1. The van der Waals surface area contributed by atoms with Gasteiger partial charge in [-0.25, -0.2) is 14.6 Å². The van der Waals surface area contributed by atoms with Crippen molar-refractivity contribution in [1.29, 1.82) is 0 Å². The standard InChI is InChI=1S/C27H33N11O2/c1-27(2,3)38-13-23(34-35-38)25(39)32-22-7-8-37(20-14-40-15-20)11-18-9-17(5-6-21(18)22)24-28-16-29-26(33-24)31-19-10-30-36(4)12-19/h5-6,9-10,12-13,16,20,22H,7-8,11,14-15H2,1-4H3,(H,32,39)(H,28,29,31,33)/t22-/m0/s1. The van der Waals surface area contributed by atoms with E-state index in [1.807, 2.05) is 40.1 Å². The van der Waals surface area contributed by atoms with Crippen LogP contribution in [0.25, 0.3) is 11.4 Å². The molecule has 0 radical (unpaired) electrons. The maximum absolute atomic E-state index is 13.2. The molecular formula is C27H33N11O2. The summed E-state index contributed by atoms with van der Waals surface area (Å²) in [7, 11) is 1.85. The van der Waals surface area contributed by atoms with E-state index in [2.05, 4.69) is 58.0 Å². The van der Waals surface area contributed by atoms with Gasteiger partial charge in [0.15, 0.2) is 11.5 Å². The maximum Gasteiger partial charge on any atom is 0.273 e. The van der Waals surface area contributed by atoms with Crippen molar-refractivity contribution in [2.24, 2.45) is 7.05 Å². The SMILES string of the molecule is Cn1cc(Nc2ncnc(-c3ccc4c(c3)CN(C3COC3)CC[C@@H]4NC(=O)c3cn(C(C)(C)C)nn3)n2)cn1. The van der Waals surface area contributed by atoms with Crippen LogP contribution in [0.4, 0.5) is 11.6 Å². The molecule has 6 rings (SSSR count). The topological polar surface area (TPSA) is 141 Å². The van der Waals surface area contributed by atoms with Crippen LogP contribution in [0.5, 0.6) is 0 Å². The number of carbonyl (C=O) groups is 1. The summed E-state index contributed by atoms with van der Waals surface area (Å²) in [6, 6.07) is 6.37. The van der Waals surface area contributed by atoms with E-state index in [1.165, 1.54) is 6.33 Å². The normalized spacial score (nSPS) is 18.1. The van der Waals surface area contributed by atoms with Gasteiger partial charge in [-0.1, -0.05) is 17.3 Å². The Labute approximate surface area is 232 Å². The second-order valence-electron chi connectivity index (χ2n) is 11.3. The van der Waals surface area contributed by atoms with E-state index in [9.17, 15) is 4.79 Å². The van der Waals surface area contributed by atoms with Crippen LogP contribution in [0, 0.1) is 0 Å². The third kappa shape index (κ3) is 5.42. The number of nitrogens with zero attached hydrogens (tertiary/aromatic N) is 9. The molecule has 13 nitrogen and oxygen atoms in total. The fourth-order valence-electron chi connectivity index (χ4n) is 4.90. The maximum atomic E-state index is 13.2. The van der Waals surface area contributed by atoms with Crippen LogP contribution in [0.2, 0.25) is 0 Å². The second kappa shape index (κ2) is 10.4. The number of anilines is 2. The molecule has 0 saturated carbocycles. The van der Waals surface area contributed by atoms with E-state index >= 15 is 0 Å². The number of hydrogen-bond acceptors (Lipinski definition) is 10. The summed E-state index contributed by atoms with van der Waals surface area (Å²) in [5, 5.41) is 18.8. The first-order valence-electron chi connectivity index (χ1n) is 13.4. The molecule has 1 aromatic carbocycles. The second-order valence-corrected chi connectivity index (χ2v) is 11.3. The number of ether oxygens (including phenoxy) is 1. The van der Waals surface area contributed by atoms with E-state index in [0.29, 0.717) is 23.5 Å². The fourth-order valence-corrected chi connectivity index (χ4v) is 4.90.